The van der Waals surface area contributed by atoms with Gasteiger partial charge in [-0.25, -0.2) is 0 Å². The summed E-state index contributed by atoms with van der Waals surface area (Å²) in [7, 11) is 0. The normalized spacial score (nSPS) is 17.7. The van der Waals surface area contributed by atoms with Crippen molar-refractivity contribution in [1.29, 1.82) is 0 Å². The second-order valence-electron chi connectivity index (χ2n) is 6.55. The Morgan fingerprint density at radius 3 is 2.32 bits per heavy atom. The summed E-state index contributed by atoms with van der Waals surface area (Å²) in [6.45, 7) is 13.8. The van der Waals surface area contributed by atoms with Crippen LogP contribution in [0.1, 0.15) is 80.1 Å². The molecule has 0 aromatic carbocycles. The summed E-state index contributed by atoms with van der Waals surface area (Å²) in [5.41, 5.74) is 1.58. The van der Waals surface area contributed by atoms with E-state index < -0.39 is 0 Å². The van der Waals surface area contributed by atoms with Crippen LogP contribution in [0.4, 0.5) is 0 Å². The van der Waals surface area contributed by atoms with Crippen molar-refractivity contribution >= 4 is 0 Å². The van der Waals surface area contributed by atoms with Crippen molar-refractivity contribution in [1.82, 2.24) is 0 Å². The molecule has 0 saturated heterocycles. The van der Waals surface area contributed by atoms with E-state index in [0.29, 0.717) is 0 Å². The van der Waals surface area contributed by atoms with Crippen LogP contribution in [-0.4, -0.2) is 0 Å². The third kappa shape index (κ3) is 11.0. The highest BCUT2D eigenvalue weighted by molar-refractivity contribution is 5.01. The summed E-state index contributed by atoms with van der Waals surface area (Å²) in [5, 5.41) is 0. The molecule has 3 unspecified atom stereocenters. The van der Waals surface area contributed by atoms with Gasteiger partial charge < -0.3 is 0 Å². The van der Waals surface area contributed by atoms with E-state index >= 15 is 0 Å². The molecule has 0 aromatic rings. The topological polar surface area (TPSA) is 0 Å². The molecular weight excluding hydrogens is 228 g/mol. The first-order valence-electron chi connectivity index (χ1n) is 8.27. The Morgan fingerprint density at radius 1 is 1.05 bits per heavy atom. The minimum Gasteiger partial charge on any atom is -0.0917 e. The summed E-state index contributed by atoms with van der Waals surface area (Å²) in [6, 6.07) is 0. The largest absolute Gasteiger partial charge is 0.0917 e. The molecule has 0 aliphatic carbocycles. The van der Waals surface area contributed by atoms with E-state index in [1.807, 2.05) is 0 Å². The zero-order valence-electron chi connectivity index (χ0n) is 14.2. The van der Waals surface area contributed by atoms with Gasteiger partial charge in [0.2, 0.25) is 0 Å². The van der Waals surface area contributed by atoms with Crippen molar-refractivity contribution in [3.05, 3.63) is 23.8 Å². The summed E-state index contributed by atoms with van der Waals surface area (Å²) in [6.07, 6.45) is 14.9. The fourth-order valence-electron chi connectivity index (χ4n) is 2.63. The quantitative estimate of drug-likeness (QED) is 0.382. The van der Waals surface area contributed by atoms with Gasteiger partial charge in [-0.15, -0.1) is 0 Å². The van der Waals surface area contributed by atoms with Crippen molar-refractivity contribution in [2.24, 2.45) is 17.8 Å². The van der Waals surface area contributed by atoms with Gasteiger partial charge >= 0.3 is 0 Å². The highest BCUT2D eigenvalue weighted by atomic mass is 14.1. The summed E-state index contributed by atoms with van der Waals surface area (Å²) >= 11 is 0. The SMILES string of the molecule is CC=CCC(C)CC(C)=CC(C)CCCC(C)CC. The van der Waals surface area contributed by atoms with Gasteiger partial charge in [0.15, 0.2) is 0 Å². The molecule has 0 aliphatic rings. The number of hydrogen-bond donors (Lipinski definition) is 0. The van der Waals surface area contributed by atoms with Crippen LogP contribution >= 0.6 is 0 Å². The van der Waals surface area contributed by atoms with E-state index in [1.54, 1.807) is 5.57 Å². The Bertz CT molecular complexity index is 259. The fourth-order valence-corrected chi connectivity index (χ4v) is 2.63. The first-order chi connectivity index (χ1) is 8.99. The number of rotatable bonds is 10. The monoisotopic (exact) mass is 264 g/mol. The standard InChI is InChI=1S/C19H36/c1-7-9-11-17(4)14-19(6)15-18(5)13-10-12-16(3)8-2/h7,9,15-18H,8,10-14H2,1-6H3. The molecule has 0 heterocycles. The second kappa shape index (κ2) is 11.3. The van der Waals surface area contributed by atoms with Crippen LogP contribution in [0.2, 0.25) is 0 Å². The fraction of sp³-hybridized carbons (Fsp3) is 0.789. The van der Waals surface area contributed by atoms with Gasteiger partial charge in [-0.05, 0) is 50.9 Å². The maximum atomic E-state index is 2.50. The zero-order valence-corrected chi connectivity index (χ0v) is 14.2. The molecule has 0 aromatic heterocycles. The van der Waals surface area contributed by atoms with Crippen molar-refractivity contribution in [3.8, 4) is 0 Å². The van der Waals surface area contributed by atoms with E-state index in [-0.39, 0.29) is 0 Å². The Hall–Kier alpha value is -0.520. The zero-order chi connectivity index (χ0) is 14.7. The van der Waals surface area contributed by atoms with Crippen molar-refractivity contribution in [3.63, 3.8) is 0 Å². The van der Waals surface area contributed by atoms with E-state index in [0.717, 1.165) is 17.8 Å². The maximum Gasteiger partial charge on any atom is -0.0259 e. The van der Waals surface area contributed by atoms with Crippen LogP contribution in [-0.2, 0) is 0 Å². The Morgan fingerprint density at radius 2 is 1.74 bits per heavy atom. The van der Waals surface area contributed by atoms with Gasteiger partial charge in [-0.3, -0.25) is 0 Å². The number of hydrogen-bond acceptors (Lipinski definition) is 0. The highest BCUT2D eigenvalue weighted by Gasteiger charge is 2.05. The van der Waals surface area contributed by atoms with E-state index in [1.165, 1.54) is 38.5 Å². The van der Waals surface area contributed by atoms with Crippen molar-refractivity contribution in [2.45, 2.75) is 80.1 Å². The van der Waals surface area contributed by atoms with Crippen molar-refractivity contribution in [2.75, 3.05) is 0 Å². The molecule has 0 bridgehead atoms. The van der Waals surface area contributed by atoms with Gasteiger partial charge in [0.05, 0.1) is 0 Å². The minimum atomic E-state index is 0.748. The predicted octanol–water partition coefficient (Wildman–Crippen LogP) is 6.78. The Balaban J connectivity index is 3.92. The lowest BCUT2D eigenvalue weighted by Crippen LogP contribution is -1.98. The van der Waals surface area contributed by atoms with Gasteiger partial charge in [0.25, 0.3) is 0 Å². The molecule has 0 amide bonds. The molecule has 19 heavy (non-hydrogen) atoms. The van der Waals surface area contributed by atoms with E-state index in [4.69, 9.17) is 0 Å². The van der Waals surface area contributed by atoms with Crippen molar-refractivity contribution < 1.29 is 0 Å². The summed E-state index contributed by atoms with van der Waals surface area (Å²) < 4.78 is 0. The van der Waals surface area contributed by atoms with Gasteiger partial charge in [-0.1, -0.05) is 70.8 Å². The molecule has 0 N–H and O–H groups in total. The molecule has 0 nitrogen and oxygen atoms in total. The van der Waals surface area contributed by atoms with Gasteiger partial charge in [-0.2, -0.15) is 0 Å². The lowest BCUT2D eigenvalue weighted by atomic mass is 9.93. The third-order valence-electron chi connectivity index (χ3n) is 4.07. The Labute approximate surface area is 122 Å². The molecule has 0 rings (SSSR count). The van der Waals surface area contributed by atoms with Crippen LogP contribution in [0, 0.1) is 17.8 Å². The second-order valence-corrected chi connectivity index (χ2v) is 6.55. The first-order valence-corrected chi connectivity index (χ1v) is 8.27. The molecule has 112 valence electrons. The van der Waals surface area contributed by atoms with Crippen LogP contribution in [0.25, 0.3) is 0 Å². The molecule has 3 atom stereocenters. The third-order valence-corrected chi connectivity index (χ3v) is 4.07. The molecule has 0 radical (unpaired) electrons. The number of allylic oxidation sites excluding steroid dienone is 4. The molecular formula is C19H36. The first kappa shape index (κ1) is 18.5. The lowest BCUT2D eigenvalue weighted by molar-refractivity contribution is 0.461. The lowest BCUT2D eigenvalue weighted by Gasteiger charge is -2.13. The van der Waals surface area contributed by atoms with E-state index in [2.05, 4.69) is 59.8 Å². The average molecular weight is 264 g/mol. The highest BCUT2D eigenvalue weighted by Crippen LogP contribution is 2.20. The van der Waals surface area contributed by atoms with Gasteiger partial charge in [0.1, 0.15) is 0 Å². The van der Waals surface area contributed by atoms with Crippen LogP contribution in [0.5, 0.6) is 0 Å². The smallest absolute Gasteiger partial charge is 0.0259 e. The summed E-state index contributed by atoms with van der Waals surface area (Å²) in [4.78, 5) is 0. The molecule has 0 fully saturated rings. The molecule has 0 aliphatic heterocycles. The molecule has 0 spiro atoms. The molecule has 0 heteroatoms. The van der Waals surface area contributed by atoms with Crippen LogP contribution in [0.15, 0.2) is 23.8 Å². The van der Waals surface area contributed by atoms with E-state index in [9.17, 15) is 0 Å². The average Bonchev–Trinajstić information content (AvgIpc) is 2.35. The molecule has 0 saturated carbocycles. The maximum absolute atomic E-state index is 2.50. The Kier molecular flexibility index (Phi) is 11.0. The predicted molar refractivity (Wildman–Crippen MR) is 89.4 cm³/mol. The minimum absolute atomic E-state index is 0.748. The summed E-state index contributed by atoms with van der Waals surface area (Å²) in [5.74, 6) is 2.43. The van der Waals surface area contributed by atoms with Gasteiger partial charge in [0, 0.05) is 0 Å². The van der Waals surface area contributed by atoms with Crippen LogP contribution < -0.4 is 0 Å². The van der Waals surface area contributed by atoms with Crippen LogP contribution in [0.3, 0.4) is 0 Å².